The fraction of sp³-hybridized carbons (Fsp3) is 0.438. The van der Waals surface area contributed by atoms with Crippen LogP contribution in [0.25, 0.3) is 21.5 Å². The number of hydrogen-bond donors (Lipinski definition) is 10. The van der Waals surface area contributed by atoms with Gasteiger partial charge in [0.1, 0.15) is 48.6 Å². The number of amides is 8. The number of likely N-dealkylation sites (tertiary alicyclic amines) is 2. The molecule has 0 spiro atoms. The Balaban J connectivity index is 1.06. The molecule has 8 bridgehead atoms. The molecule has 24 nitrogen and oxygen atoms in total. The van der Waals surface area contributed by atoms with Crippen LogP contribution in [0.4, 0.5) is 0 Å². The SMILES string of the molecule is CN[C@@H](C)C(=O)N[C@H](C(=O)N1C[C@H]2CC=CCOc3ccc(cc3)C[C@@H](C(=O)O)CC(=O)[C@H](Cc3ccc4ccccc4c3)NC(=O)[C@@H]3C[C@@H](CN3C(=O)[C@@H](NC(=O)[C@H](C)NC)C(C)(C)C)NC(=O)c3ccc(cc3)C[C@@H](C(=O)O)NC(=O)C(Cc3ccc4ccccc4c3)NC(=O)[C@@H]1C2)C(C)(C)C. The molecule has 6 aliphatic rings. The molecule has 12 rings (SSSR count). The number of hydrogen-bond acceptors (Lipinski definition) is 14. The van der Waals surface area contributed by atoms with Crippen LogP contribution in [0.3, 0.4) is 0 Å². The Morgan fingerprint density at radius 3 is 1.55 bits per heavy atom. The standard InChI is InChI=1S/C80H98N10O14/c1-46(81-9)69(92)87-67(79(3,4)5)75(98)89-44-52-17-15-16-34-104-60-32-26-48(27-33-60)35-58(77(100)101)42-66(91)61(39-50-24-28-53-18-11-13-20-56(53)36-50)84-74(97)65-43-59(45-90(65)76(99)68(80(6,7)8)88-70(93)47(2)82-10)83-71(94)55-30-22-49(23-31-55)38-63(78(102)103)86-72(95)62(85-73(96)64(89)41-52)40-51-25-29-54-19-12-14-21-57(54)37-51/h11-16,18-33,36-37,46-47,52,58-59,61-65,67-68,81-82H,17,34-35,38-45H2,1-10H3,(H,83,94)(H,84,97)(H,85,96)(H,86,95)(H,87,92)(H,88,93)(H,100,101)(H,102,103)/t46-,47-,52-,58+,59-,61-,62?,63-,64-,65-,67+,68+/m0/s1. The largest absolute Gasteiger partial charge is 0.490 e. The number of fused-ring (bicyclic) bond motifs is 2. The highest BCUT2D eigenvalue weighted by atomic mass is 16.5. The minimum absolute atomic E-state index is 0.0559. The summed E-state index contributed by atoms with van der Waals surface area (Å²) in [5.41, 5.74) is 0.627. The van der Waals surface area contributed by atoms with E-state index in [0.29, 0.717) is 34.4 Å². The van der Waals surface area contributed by atoms with Crippen molar-refractivity contribution in [3.05, 3.63) is 173 Å². The molecule has 2 fully saturated rings. The quantitative estimate of drug-likeness (QED) is 0.0560. The zero-order valence-corrected chi connectivity index (χ0v) is 60.8. The normalized spacial score (nSPS) is 22.5. The Kier molecular flexibility index (Phi) is 25.7. The van der Waals surface area contributed by atoms with Gasteiger partial charge in [-0.05, 0) is 145 Å². The monoisotopic (exact) mass is 1420 g/mol. The van der Waals surface area contributed by atoms with Gasteiger partial charge in [0.15, 0.2) is 5.78 Å². The van der Waals surface area contributed by atoms with Gasteiger partial charge in [-0.25, -0.2) is 4.79 Å². The lowest BCUT2D eigenvalue weighted by molar-refractivity contribution is -0.145. The highest BCUT2D eigenvalue weighted by Crippen LogP contribution is 2.33. The van der Waals surface area contributed by atoms with Crippen LogP contribution in [0.15, 0.2) is 146 Å². The van der Waals surface area contributed by atoms with Gasteiger partial charge in [0, 0.05) is 44.0 Å². The molecule has 0 aliphatic carbocycles. The first-order valence-electron chi connectivity index (χ1n) is 35.5. The Morgan fingerprint density at radius 2 is 1.03 bits per heavy atom. The van der Waals surface area contributed by atoms with E-state index in [1.807, 2.05) is 91.0 Å². The van der Waals surface area contributed by atoms with Gasteiger partial charge in [0.25, 0.3) is 5.91 Å². The van der Waals surface area contributed by atoms with Crippen LogP contribution in [-0.2, 0) is 73.6 Å². The molecule has 6 aromatic rings. The van der Waals surface area contributed by atoms with E-state index in [-0.39, 0.29) is 69.7 Å². The molecule has 0 radical (unpaired) electrons. The number of carbonyl (C=O) groups excluding carboxylic acids is 9. The predicted octanol–water partition coefficient (Wildman–Crippen LogP) is 6.00. The number of allylic oxidation sites excluding steroid dienone is 1. The van der Waals surface area contributed by atoms with Crippen molar-refractivity contribution in [1.82, 2.24) is 52.3 Å². The van der Waals surface area contributed by atoms with E-state index < -0.39 is 149 Å². The number of benzene rings is 6. The number of ether oxygens (including phenoxy) is 1. The minimum Gasteiger partial charge on any atom is -0.490 e. The number of nitrogens with one attached hydrogen (secondary N) is 8. The smallest absolute Gasteiger partial charge is 0.326 e. The summed E-state index contributed by atoms with van der Waals surface area (Å²) in [4.78, 5) is 161. The Labute approximate surface area is 606 Å². The van der Waals surface area contributed by atoms with Crippen LogP contribution in [0.1, 0.15) is 114 Å². The average molecular weight is 1420 g/mol. The van der Waals surface area contributed by atoms with E-state index >= 15 is 19.2 Å². The van der Waals surface area contributed by atoms with Crippen LogP contribution >= 0.6 is 0 Å². The maximum absolute atomic E-state index is 15.2. The lowest BCUT2D eigenvalue weighted by Crippen LogP contribution is -2.60. The summed E-state index contributed by atoms with van der Waals surface area (Å²) in [6.07, 6.45) is 3.05. The van der Waals surface area contributed by atoms with Gasteiger partial charge in [-0.15, -0.1) is 0 Å². The number of ketones is 1. The lowest BCUT2D eigenvalue weighted by atomic mass is 9.85. The first kappa shape index (κ1) is 77.8. The van der Waals surface area contributed by atoms with E-state index in [0.717, 1.165) is 21.5 Å². The first-order valence-corrected chi connectivity index (χ1v) is 35.5. The fourth-order valence-corrected chi connectivity index (χ4v) is 13.5. The molecule has 24 heteroatoms. The number of carboxylic acids is 2. The van der Waals surface area contributed by atoms with Crippen LogP contribution in [0.5, 0.6) is 5.75 Å². The molecular formula is C80H98N10O14. The van der Waals surface area contributed by atoms with Crippen molar-refractivity contribution in [2.75, 3.05) is 33.8 Å². The number of carboxylic acid groups (broad SMARTS) is 2. The number of likely N-dealkylation sites (N-methyl/N-ethyl adjacent to an activating group) is 2. The third-order valence-electron chi connectivity index (χ3n) is 19.9. The van der Waals surface area contributed by atoms with Crippen molar-refractivity contribution in [2.24, 2.45) is 22.7 Å². The predicted molar refractivity (Wildman–Crippen MR) is 394 cm³/mol. The number of Topliss-reactive ketones (excluding diaryl/α,β-unsaturated/α-hetero) is 1. The summed E-state index contributed by atoms with van der Waals surface area (Å²) in [5.74, 6) is -9.30. The molecule has 0 aromatic heterocycles. The topological polar surface area (TPSA) is 340 Å². The minimum atomic E-state index is -1.57. The highest BCUT2D eigenvalue weighted by Gasteiger charge is 2.48. The molecule has 6 aliphatic heterocycles. The van der Waals surface area contributed by atoms with E-state index in [2.05, 4.69) is 42.5 Å². The second-order valence-electron chi connectivity index (χ2n) is 29.9. The van der Waals surface area contributed by atoms with E-state index in [9.17, 15) is 43.8 Å². The first-order chi connectivity index (χ1) is 49.4. The molecule has 0 saturated carbocycles. The van der Waals surface area contributed by atoms with Gasteiger partial charge >= 0.3 is 11.9 Å². The summed E-state index contributed by atoms with van der Waals surface area (Å²) >= 11 is 0. The van der Waals surface area contributed by atoms with Gasteiger partial charge in [-0.3, -0.25) is 47.9 Å². The fourth-order valence-electron chi connectivity index (χ4n) is 13.5. The van der Waals surface area contributed by atoms with Crippen LogP contribution < -0.4 is 47.3 Å². The van der Waals surface area contributed by atoms with Crippen molar-refractivity contribution >= 4 is 86.5 Å². The lowest BCUT2D eigenvalue weighted by Gasteiger charge is -2.36. The van der Waals surface area contributed by atoms with E-state index in [1.54, 1.807) is 99.8 Å². The summed E-state index contributed by atoms with van der Waals surface area (Å²) < 4.78 is 6.10. The van der Waals surface area contributed by atoms with E-state index in [1.165, 1.54) is 34.1 Å². The number of carbonyl (C=O) groups is 11. The molecule has 8 amide bonds. The van der Waals surface area contributed by atoms with Crippen molar-refractivity contribution in [3.8, 4) is 5.75 Å². The average Bonchev–Trinajstić information content (AvgIpc) is 1.61. The number of nitrogens with zero attached hydrogens (tertiary/aromatic N) is 2. The Hall–Kier alpha value is -10.3. The van der Waals surface area contributed by atoms with Crippen molar-refractivity contribution in [2.45, 2.75) is 167 Å². The van der Waals surface area contributed by atoms with Crippen molar-refractivity contribution in [1.29, 1.82) is 0 Å². The molecular weight excluding hydrogens is 1320 g/mol. The number of rotatable bonds is 14. The zero-order valence-electron chi connectivity index (χ0n) is 60.8. The Morgan fingerprint density at radius 1 is 0.538 bits per heavy atom. The van der Waals surface area contributed by atoms with Gasteiger partial charge in [-0.1, -0.05) is 163 Å². The van der Waals surface area contributed by atoms with Crippen LogP contribution in [-0.4, -0.2) is 179 Å². The molecule has 12 atom stereocenters. The van der Waals surface area contributed by atoms with Gasteiger partial charge in [0.2, 0.25) is 41.4 Å². The number of aliphatic carboxylic acids is 2. The summed E-state index contributed by atoms with van der Waals surface area (Å²) in [7, 11) is 3.21. The molecule has 1 unspecified atom stereocenters. The maximum Gasteiger partial charge on any atom is 0.326 e. The van der Waals surface area contributed by atoms with Crippen molar-refractivity contribution < 1.29 is 67.7 Å². The third kappa shape index (κ3) is 20.1. The highest BCUT2D eigenvalue weighted by molar-refractivity contribution is 5.99. The second kappa shape index (κ2) is 34.3. The Bertz CT molecular complexity index is 4190. The van der Waals surface area contributed by atoms with Gasteiger partial charge in [-0.2, -0.15) is 0 Å². The molecule has 552 valence electrons. The van der Waals surface area contributed by atoms with Crippen LogP contribution in [0, 0.1) is 22.7 Å². The van der Waals surface area contributed by atoms with Crippen molar-refractivity contribution in [3.63, 3.8) is 0 Å². The maximum atomic E-state index is 15.2. The van der Waals surface area contributed by atoms with Gasteiger partial charge < -0.3 is 67.3 Å². The summed E-state index contributed by atoms with van der Waals surface area (Å²) in [5, 5.41) is 48.1. The molecule has 10 N–H and O–H groups in total. The third-order valence-corrected chi connectivity index (χ3v) is 19.9. The van der Waals surface area contributed by atoms with Gasteiger partial charge in [0.05, 0.1) is 24.0 Å². The zero-order chi connectivity index (χ0) is 75.3. The summed E-state index contributed by atoms with van der Waals surface area (Å²) in [6.45, 7) is 13.9. The molecule has 2 saturated heterocycles. The van der Waals surface area contributed by atoms with E-state index in [4.69, 9.17) is 4.74 Å². The molecule has 6 heterocycles. The summed E-state index contributed by atoms with van der Waals surface area (Å²) in [6, 6.07) is 27.8. The van der Waals surface area contributed by atoms with Crippen LogP contribution in [0.2, 0.25) is 0 Å². The second-order valence-corrected chi connectivity index (χ2v) is 29.9. The molecule has 104 heavy (non-hydrogen) atoms. The molecule has 6 aromatic carbocycles.